The maximum Gasteiger partial charge on any atom is 0.0670 e. The molecule has 2 aromatic heterocycles. The standard InChI is InChI=1S/C13H19N3S/c1-10(2)14-6-13-7-15-16(11(13)3)8-12-4-5-17-9-12/h4-5,7,9-10,14H,6,8H2,1-3H3. The summed E-state index contributed by atoms with van der Waals surface area (Å²) in [6.45, 7) is 8.22. The summed E-state index contributed by atoms with van der Waals surface area (Å²) >= 11 is 1.73. The summed E-state index contributed by atoms with van der Waals surface area (Å²) in [5, 5.41) is 12.2. The Hall–Kier alpha value is -1.13. The van der Waals surface area contributed by atoms with Crippen LogP contribution in [-0.2, 0) is 13.1 Å². The first-order valence-corrected chi connectivity index (χ1v) is 6.87. The van der Waals surface area contributed by atoms with Crippen molar-refractivity contribution in [3.8, 4) is 0 Å². The summed E-state index contributed by atoms with van der Waals surface area (Å²) in [7, 11) is 0. The van der Waals surface area contributed by atoms with E-state index in [1.54, 1.807) is 11.3 Å². The van der Waals surface area contributed by atoms with Gasteiger partial charge in [0.05, 0.1) is 12.7 Å². The molecule has 0 bridgehead atoms. The monoisotopic (exact) mass is 249 g/mol. The number of thiophene rings is 1. The van der Waals surface area contributed by atoms with Gasteiger partial charge in [-0.25, -0.2) is 0 Å². The van der Waals surface area contributed by atoms with Gasteiger partial charge in [-0.05, 0) is 29.3 Å². The van der Waals surface area contributed by atoms with Crippen molar-refractivity contribution in [2.24, 2.45) is 0 Å². The fourth-order valence-corrected chi connectivity index (χ4v) is 2.35. The van der Waals surface area contributed by atoms with Crippen molar-refractivity contribution in [3.63, 3.8) is 0 Å². The van der Waals surface area contributed by atoms with Gasteiger partial charge in [0.25, 0.3) is 0 Å². The molecule has 0 fully saturated rings. The van der Waals surface area contributed by atoms with Crippen LogP contribution in [0.3, 0.4) is 0 Å². The molecule has 2 aromatic rings. The minimum absolute atomic E-state index is 0.509. The van der Waals surface area contributed by atoms with E-state index in [0.29, 0.717) is 6.04 Å². The third-order valence-corrected chi connectivity index (χ3v) is 3.55. The highest BCUT2D eigenvalue weighted by Crippen LogP contribution is 2.12. The Kier molecular flexibility index (Phi) is 3.97. The molecule has 4 heteroatoms. The Morgan fingerprint density at radius 2 is 2.29 bits per heavy atom. The maximum absolute atomic E-state index is 4.45. The lowest BCUT2D eigenvalue weighted by Gasteiger charge is -2.08. The number of rotatable bonds is 5. The highest BCUT2D eigenvalue weighted by Gasteiger charge is 2.07. The third-order valence-electron chi connectivity index (χ3n) is 2.82. The molecule has 92 valence electrons. The van der Waals surface area contributed by atoms with Crippen molar-refractivity contribution in [1.82, 2.24) is 15.1 Å². The number of hydrogen-bond donors (Lipinski definition) is 1. The van der Waals surface area contributed by atoms with Gasteiger partial charge in [0.1, 0.15) is 0 Å². The summed E-state index contributed by atoms with van der Waals surface area (Å²) in [6.07, 6.45) is 1.97. The van der Waals surface area contributed by atoms with Crippen LogP contribution >= 0.6 is 11.3 Å². The van der Waals surface area contributed by atoms with Crippen molar-refractivity contribution >= 4 is 11.3 Å². The second-order valence-electron chi connectivity index (χ2n) is 4.58. The first kappa shape index (κ1) is 12.3. The molecule has 0 aliphatic carbocycles. The molecule has 3 nitrogen and oxygen atoms in total. The second-order valence-corrected chi connectivity index (χ2v) is 5.36. The average Bonchev–Trinajstić information content (AvgIpc) is 2.89. The van der Waals surface area contributed by atoms with Gasteiger partial charge in [0, 0.05) is 23.8 Å². The highest BCUT2D eigenvalue weighted by molar-refractivity contribution is 7.07. The molecule has 0 aromatic carbocycles. The zero-order chi connectivity index (χ0) is 12.3. The van der Waals surface area contributed by atoms with Crippen LogP contribution in [0.2, 0.25) is 0 Å². The Labute approximate surface area is 106 Å². The number of nitrogens with zero attached hydrogens (tertiary/aromatic N) is 2. The number of nitrogens with one attached hydrogen (secondary N) is 1. The predicted octanol–water partition coefficient (Wildman–Crippen LogP) is 2.80. The van der Waals surface area contributed by atoms with Gasteiger partial charge < -0.3 is 5.32 Å². The predicted molar refractivity (Wildman–Crippen MR) is 72.4 cm³/mol. The first-order valence-electron chi connectivity index (χ1n) is 5.92. The Morgan fingerprint density at radius 1 is 1.47 bits per heavy atom. The van der Waals surface area contributed by atoms with E-state index < -0.39 is 0 Å². The minimum atomic E-state index is 0.509. The van der Waals surface area contributed by atoms with Crippen LogP contribution in [0.1, 0.15) is 30.7 Å². The first-order chi connectivity index (χ1) is 8.16. The summed E-state index contributed by atoms with van der Waals surface area (Å²) in [5.74, 6) is 0. The molecule has 0 aliphatic heterocycles. The molecule has 0 aliphatic rings. The largest absolute Gasteiger partial charge is 0.310 e. The molecule has 2 heterocycles. The van der Waals surface area contributed by atoms with Gasteiger partial charge in [0.2, 0.25) is 0 Å². The summed E-state index contributed by atoms with van der Waals surface area (Å²) in [5.41, 5.74) is 3.86. The lowest BCUT2D eigenvalue weighted by atomic mass is 10.2. The van der Waals surface area contributed by atoms with Crippen molar-refractivity contribution in [1.29, 1.82) is 0 Å². The summed E-state index contributed by atoms with van der Waals surface area (Å²) in [4.78, 5) is 0. The third kappa shape index (κ3) is 3.17. The van der Waals surface area contributed by atoms with E-state index in [0.717, 1.165) is 13.1 Å². The van der Waals surface area contributed by atoms with Gasteiger partial charge in [-0.15, -0.1) is 0 Å². The van der Waals surface area contributed by atoms with E-state index in [1.165, 1.54) is 16.8 Å². The topological polar surface area (TPSA) is 29.9 Å². The Balaban J connectivity index is 2.04. The quantitative estimate of drug-likeness (QED) is 0.883. The number of aromatic nitrogens is 2. The molecular formula is C13H19N3S. The van der Waals surface area contributed by atoms with Crippen molar-refractivity contribution < 1.29 is 0 Å². The lowest BCUT2D eigenvalue weighted by Crippen LogP contribution is -2.22. The van der Waals surface area contributed by atoms with Crippen LogP contribution in [-0.4, -0.2) is 15.8 Å². The van der Waals surface area contributed by atoms with Gasteiger partial charge >= 0.3 is 0 Å². The van der Waals surface area contributed by atoms with E-state index in [9.17, 15) is 0 Å². The fourth-order valence-electron chi connectivity index (χ4n) is 1.69. The van der Waals surface area contributed by atoms with Crippen molar-refractivity contribution in [2.45, 2.75) is 39.9 Å². The zero-order valence-electron chi connectivity index (χ0n) is 10.6. The van der Waals surface area contributed by atoms with Crippen LogP contribution in [0.25, 0.3) is 0 Å². The van der Waals surface area contributed by atoms with Gasteiger partial charge in [-0.1, -0.05) is 13.8 Å². The van der Waals surface area contributed by atoms with Crippen LogP contribution in [0.5, 0.6) is 0 Å². The van der Waals surface area contributed by atoms with Crippen LogP contribution in [0.4, 0.5) is 0 Å². The molecule has 0 saturated heterocycles. The molecule has 0 saturated carbocycles. The van der Waals surface area contributed by atoms with E-state index in [-0.39, 0.29) is 0 Å². The normalized spacial score (nSPS) is 11.3. The molecule has 1 N–H and O–H groups in total. The molecule has 0 radical (unpaired) electrons. The van der Waals surface area contributed by atoms with Crippen molar-refractivity contribution in [2.75, 3.05) is 0 Å². The molecule has 0 spiro atoms. The van der Waals surface area contributed by atoms with E-state index in [1.807, 2.05) is 6.20 Å². The van der Waals surface area contributed by atoms with Gasteiger partial charge in [-0.3, -0.25) is 4.68 Å². The minimum Gasteiger partial charge on any atom is -0.310 e. The second kappa shape index (κ2) is 5.47. The maximum atomic E-state index is 4.45. The average molecular weight is 249 g/mol. The fraction of sp³-hybridized carbons (Fsp3) is 0.462. The van der Waals surface area contributed by atoms with Gasteiger partial charge in [0.15, 0.2) is 0 Å². The molecule has 0 unspecified atom stereocenters. The Bertz CT molecular complexity index is 457. The zero-order valence-corrected chi connectivity index (χ0v) is 11.4. The Morgan fingerprint density at radius 3 is 2.94 bits per heavy atom. The summed E-state index contributed by atoms with van der Waals surface area (Å²) in [6, 6.07) is 2.66. The molecule has 0 amide bonds. The lowest BCUT2D eigenvalue weighted by molar-refractivity contribution is 0.585. The van der Waals surface area contributed by atoms with Gasteiger partial charge in [-0.2, -0.15) is 16.4 Å². The van der Waals surface area contributed by atoms with Crippen LogP contribution < -0.4 is 5.32 Å². The summed E-state index contributed by atoms with van der Waals surface area (Å²) < 4.78 is 2.07. The van der Waals surface area contributed by atoms with Crippen LogP contribution in [0.15, 0.2) is 23.0 Å². The van der Waals surface area contributed by atoms with Crippen LogP contribution in [0, 0.1) is 6.92 Å². The smallest absolute Gasteiger partial charge is 0.0670 e. The SMILES string of the molecule is Cc1c(CNC(C)C)cnn1Cc1ccsc1. The number of hydrogen-bond acceptors (Lipinski definition) is 3. The molecule has 0 atom stereocenters. The molecular weight excluding hydrogens is 230 g/mol. The van der Waals surface area contributed by atoms with E-state index in [2.05, 4.69) is 52.7 Å². The van der Waals surface area contributed by atoms with E-state index in [4.69, 9.17) is 0 Å². The van der Waals surface area contributed by atoms with Crippen molar-refractivity contribution in [3.05, 3.63) is 39.8 Å². The molecule has 17 heavy (non-hydrogen) atoms. The highest BCUT2D eigenvalue weighted by atomic mass is 32.1. The van der Waals surface area contributed by atoms with E-state index >= 15 is 0 Å². The molecule has 2 rings (SSSR count).